The lowest BCUT2D eigenvalue weighted by molar-refractivity contribution is 0.601. The predicted octanol–water partition coefficient (Wildman–Crippen LogP) is 1.95. The van der Waals surface area contributed by atoms with E-state index in [-0.39, 0.29) is 11.8 Å². The molecule has 2 N–H and O–H groups in total. The van der Waals surface area contributed by atoms with E-state index in [1.54, 1.807) is 0 Å². The van der Waals surface area contributed by atoms with Crippen molar-refractivity contribution < 1.29 is 8.42 Å². The summed E-state index contributed by atoms with van der Waals surface area (Å²) in [4.78, 5) is 1.91. The van der Waals surface area contributed by atoms with Crippen LogP contribution in [0.3, 0.4) is 0 Å². The van der Waals surface area contributed by atoms with Crippen LogP contribution in [0.4, 0.5) is 5.69 Å². The Bertz CT molecular complexity index is 515. The lowest BCUT2D eigenvalue weighted by Gasteiger charge is -2.21. The first-order valence-corrected chi connectivity index (χ1v) is 8.50. The fraction of sp³-hybridized carbons (Fsp3) is 0.500. The Kier molecular flexibility index (Phi) is 5.19. The van der Waals surface area contributed by atoms with Crippen LogP contribution in [0.5, 0.6) is 0 Å². The Hall–Kier alpha value is -0.590. The van der Waals surface area contributed by atoms with Gasteiger partial charge in [-0.05, 0) is 40.5 Å². The molecular formula is C12H19BrN2O2S. The van der Waals surface area contributed by atoms with E-state index in [0.29, 0.717) is 6.54 Å². The van der Waals surface area contributed by atoms with E-state index in [9.17, 15) is 8.42 Å². The van der Waals surface area contributed by atoms with Crippen molar-refractivity contribution in [1.29, 1.82) is 0 Å². The molecule has 1 aromatic carbocycles. The Labute approximate surface area is 117 Å². The second-order valence-corrected chi connectivity index (χ2v) is 7.67. The zero-order chi connectivity index (χ0) is 13.9. The maximum Gasteiger partial charge on any atom is 0.149 e. The summed E-state index contributed by atoms with van der Waals surface area (Å²) < 4.78 is 23.2. The molecule has 0 saturated heterocycles. The molecular weight excluding hydrogens is 316 g/mol. The van der Waals surface area contributed by atoms with Crippen molar-refractivity contribution in [2.45, 2.75) is 13.0 Å². The highest BCUT2D eigenvalue weighted by atomic mass is 79.9. The quantitative estimate of drug-likeness (QED) is 0.893. The van der Waals surface area contributed by atoms with Gasteiger partial charge in [0.2, 0.25) is 0 Å². The number of nitrogens with zero attached hydrogens (tertiary/aromatic N) is 1. The van der Waals surface area contributed by atoms with E-state index in [1.165, 1.54) is 6.26 Å². The van der Waals surface area contributed by atoms with Crippen LogP contribution >= 0.6 is 15.9 Å². The number of benzene rings is 1. The number of hydrogen-bond acceptors (Lipinski definition) is 4. The largest absolute Gasteiger partial charge is 0.373 e. The van der Waals surface area contributed by atoms with Gasteiger partial charge in [0.15, 0.2) is 0 Å². The first-order valence-electron chi connectivity index (χ1n) is 5.64. The molecule has 6 heteroatoms. The summed E-state index contributed by atoms with van der Waals surface area (Å²) in [5.74, 6) is 0.144. The minimum atomic E-state index is -2.94. The fourth-order valence-electron chi connectivity index (χ4n) is 1.54. The van der Waals surface area contributed by atoms with Crippen LogP contribution in [-0.2, 0) is 9.84 Å². The van der Waals surface area contributed by atoms with Crippen molar-refractivity contribution in [2.24, 2.45) is 5.73 Å². The van der Waals surface area contributed by atoms with Gasteiger partial charge in [-0.3, -0.25) is 0 Å². The van der Waals surface area contributed by atoms with Gasteiger partial charge in [0.1, 0.15) is 9.84 Å². The Balaban J connectivity index is 2.84. The molecule has 4 nitrogen and oxygen atoms in total. The average Bonchev–Trinajstić information content (AvgIpc) is 2.24. The molecule has 0 aliphatic carbocycles. The highest BCUT2D eigenvalue weighted by molar-refractivity contribution is 9.10. The standard InChI is InChI=1S/C12H19BrN2O2S/c1-9(14)10-4-5-12(11(13)8-10)15(2)6-7-18(3,16)17/h4-5,8-9H,6-7,14H2,1-3H3. The van der Waals surface area contributed by atoms with Crippen molar-refractivity contribution in [3.63, 3.8) is 0 Å². The third-order valence-corrected chi connectivity index (χ3v) is 4.27. The smallest absolute Gasteiger partial charge is 0.149 e. The third kappa shape index (κ3) is 4.59. The molecule has 0 amide bonds. The number of rotatable bonds is 5. The van der Waals surface area contributed by atoms with Crippen molar-refractivity contribution in [3.8, 4) is 0 Å². The lowest BCUT2D eigenvalue weighted by Crippen LogP contribution is -2.25. The van der Waals surface area contributed by atoms with Gasteiger partial charge in [0.25, 0.3) is 0 Å². The van der Waals surface area contributed by atoms with Gasteiger partial charge in [-0.15, -0.1) is 0 Å². The molecule has 0 aliphatic rings. The summed E-state index contributed by atoms with van der Waals surface area (Å²) in [7, 11) is -1.07. The minimum Gasteiger partial charge on any atom is -0.373 e. The van der Waals surface area contributed by atoms with Gasteiger partial charge in [0, 0.05) is 30.4 Å². The second kappa shape index (κ2) is 6.04. The van der Waals surface area contributed by atoms with Gasteiger partial charge in [-0.1, -0.05) is 6.07 Å². The molecule has 18 heavy (non-hydrogen) atoms. The number of halogens is 1. The maximum absolute atomic E-state index is 11.1. The monoisotopic (exact) mass is 334 g/mol. The Morgan fingerprint density at radius 3 is 2.50 bits per heavy atom. The van der Waals surface area contributed by atoms with Crippen molar-refractivity contribution in [3.05, 3.63) is 28.2 Å². The van der Waals surface area contributed by atoms with E-state index in [0.717, 1.165) is 15.7 Å². The van der Waals surface area contributed by atoms with Gasteiger partial charge in [0.05, 0.1) is 11.4 Å². The van der Waals surface area contributed by atoms with Gasteiger partial charge in [-0.2, -0.15) is 0 Å². The van der Waals surface area contributed by atoms with E-state index >= 15 is 0 Å². The summed E-state index contributed by atoms with van der Waals surface area (Å²) in [6.07, 6.45) is 1.25. The molecule has 0 bridgehead atoms. The average molecular weight is 335 g/mol. The SMILES string of the molecule is CC(N)c1ccc(N(C)CCS(C)(=O)=O)c(Br)c1. The molecule has 0 aliphatic heterocycles. The van der Waals surface area contributed by atoms with Gasteiger partial charge < -0.3 is 10.6 Å². The normalized spacial score (nSPS) is 13.4. The molecule has 1 aromatic rings. The number of anilines is 1. The summed E-state index contributed by atoms with van der Waals surface area (Å²) in [6.45, 7) is 2.39. The van der Waals surface area contributed by atoms with E-state index in [1.807, 2.05) is 37.1 Å². The Morgan fingerprint density at radius 1 is 1.44 bits per heavy atom. The maximum atomic E-state index is 11.1. The summed E-state index contributed by atoms with van der Waals surface area (Å²) in [6, 6.07) is 5.86. The van der Waals surface area contributed by atoms with Crippen LogP contribution in [0, 0.1) is 0 Å². The van der Waals surface area contributed by atoms with Gasteiger partial charge in [-0.25, -0.2) is 8.42 Å². The minimum absolute atomic E-state index is 0.0170. The molecule has 102 valence electrons. The number of hydrogen-bond donors (Lipinski definition) is 1. The van der Waals surface area contributed by atoms with Gasteiger partial charge >= 0.3 is 0 Å². The predicted molar refractivity (Wildman–Crippen MR) is 79.7 cm³/mol. The molecule has 0 spiro atoms. The topological polar surface area (TPSA) is 63.4 Å². The van der Waals surface area contributed by atoms with Crippen LogP contribution in [0.25, 0.3) is 0 Å². The molecule has 0 heterocycles. The van der Waals surface area contributed by atoms with E-state index in [2.05, 4.69) is 15.9 Å². The number of nitrogens with two attached hydrogens (primary N) is 1. The van der Waals surface area contributed by atoms with Crippen molar-refractivity contribution >= 4 is 31.5 Å². The van der Waals surface area contributed by atoms with Crippen LogP contribution in [0.15, 0.2) is 22.7 Å². The number of sulfone groups is 1. The van der Waals surface area contributed by atoms with E-state index < -0.39 is 9.84 Å². The zero-order valence-corrected chi connectivity index (χ0v) is 13.3. The van der Waals surface area contributed by atoms with E-state index in [4.69, 9.17) is 5.73 Å². The summed E-state index contributed by atoms with van der Waals surface area (Å²) in [5.41, 5.74) is 7.82. The summed E-state index contributed by atoms with van der Waals surface area (Å²) >= 11 is 3.49. The second-order valence-electron chi connectivity index (χ2n) is 4.55. The van der Waals surface area contributed by atoms with Crippen LogP contribution < -0.4 is 10.6 Å². The molecule has 1 unspecified atom stereocenters. The summed E-state index contributed by atoms with van der Waals surface area (Å²) in [5, 5.41) is 0. The highest BCUT2D eigenvalue weighted by Gasteiger charge is 2.10. The highest BCUT2D eigenvalue weighted by Crippen LogP contribution is 2.28. The first kappa shape index (κ1) is 15.5. The first-order chi connectivity index (χ1) is 8.20. The zero-order valence-electron chi connectivity index (χ0n) is 10.9. The molecule has 1 rings (SSSR count). The molecule has 0 saturated carbocycles. The van der Waals surface area contributed by atoms with Crippen molar-refractivity contribution in [2.75, 3.05) is 30.5 Å². The van der Waals surface area contributed by atoms with Crippen LogP contribution in [0.2, 0.25) is 0 Å². The molecule has 0 aromatic heterocycles. The Morgan fingerprint density at radius 2 is 2.06 bits per heavy atom. The lowest BCUT2D eigenvalue weighted by atomic mass is 10.1. The molecule has 0 fully saturated rings. The molecule has 1 atom stereocenters. The van der Waals surface area contributed by atoms with Crippen LogP contribution in [0.1, 0.15) is 18.5 Å². The molecule has 0 radical (unpaired) electrons. The fourth-order valence-corrected chi connectivity index (χ4v) is 2.84. The van der Waals surface area contributed by atoms with Crippen LogP contribution in [-0.4, -0.2) is 34.0 Å². The van der Waals surface area contributed by atoms with Crippen molar-refractivity contribution in [1.82, 2.24) is 0 Å². The third-order valence-electron chi connectivity index (χ3n) is 2.71.